The first kappa shape index (κ1) is 14.4. The van der Waals surface area contributed by atoms with E-state index in [1.54, 1.807) is 0 Å². The van der Waals surface area contributed by atoms with Crippen molar-refractivity contribution in [2.45, 2.75) is 25.9 Å². The average molecular weight is 282 g/mol. The third-order valence-electron chi connectivity index (χ3n) is 3.36. The Morgan fingerprint density at radius 1 is 1.55 bits per heavy atom. The van der Waals surface area contributed by atoms with E-state index in [0.29, 0.717) is 19.4 Å². The van der Waals surface area contributed by atoms with Gasteiger partial charge in [0.1, 0.15) is 5.82 Å². The Bertz CT molecular complexity index is 562. The second-order valence-electron chi connectivity index (χ2n) is 4.93. The Morgan fingerprint density at radius 3 is 2.85 bits per heavy atom. The predicted octanol–water partition coefficient (Wildman–Crippen LogP) is 1.64. The van der Waals surface area contributed by atoms with E-state index in [0.717, 1.165) is 12.1 Å². The summed E-state index contributed by atoms with van der Waals surface area (Å²) < 4.78 is 14.0. The number of hydrogen-bond acceptors (Lipinski definition) is 4. The van der Waals surface area contributed by atoms with E-state index in [2.05, 4.69) is 0 Å². The Morgan fingerprint density at radius 2 is 2.25 bits per heavy atom. The third-order valence-corrected chi connectivity index (χ3v) is 3.36. The molecule has 1 N–H and O–H groups in total. The summed E-state index contributed by atoms with van der Waals surface area (Å²) in [5, 5.41) is 20.3. The fraction of sp³-hybridized carbons (Fsp3) is 0.462. The number of piperidine rings is 1. The fourth-order valence-electron chi connectivity index (χ4n) is 2.32. The van der Waals surface area contributed by atoms with Gasteiger partial charge in [-0.1, -0.05) is 0 Å². The smallest absolute Gasteiger partial charge is 0.270 e. The SMILES string of the molecule is Cc1cc([N+](=O)[O-])cc(C(=O)N2CCCC(O)C2)c1F. The molecule has 7 heteroatoms. The first-order valence-electron chi connectivity index (χ1n) is 6.32. The monoisotopic (exact) mass is 282 g/mol. The summed E-state index contributed by atoms with van der Waals surface area (Å²) in [6.45, 7) is 1.92. The van der Waals surface area contributed by atoms with E-state index in [1.165, 1.54) is 11.8 Å². The second kappa shape index (κ2) is 5.54. The summed E-state index contributed by atoms with van der Waals surface area (Å²) in [6.07, 6.45) is 0.596. The number of halogens is 1. The molecule has 1 aromatic rings. The van der Waals surface area contributed by atoms with E-state index in [-0.39, 0.29) is 23.4 Å². The first-order valence-corrected chi connectivity index (χ1v) is 6.32. The van der Waals surface area contributed by atoms with Crippen molar-refractivity contribution < 1.29 is 19.2 Å². The normalized spacial score (nSPS) is 18.9. The van der Waals surface area contributed by atoms with Gasteiger partial charge in [0, 0.05) is 25.2 Å². The minimum Gasteiger partial charge on any atom is -0.391 e. The van der Waals surface area contributed by atoms with Crippen molar-refractivity contribution in [1.82, 2.24) is 4.90 Å². The summed E-state index contributed by atoms with van der Waals surface area (Å²) in [7, 11) is 0. The molecule has 1 atom stereocenters. The van der Waals surface area contributed by atoms with Gasteiger partial charge < -0.3 is 10.0 Å². The standard InChI is InChI=1S/C13H15FN2O4/c1-8-5-9(16(19)20)6-11(12(8)14)13(18)15-4-2-3-10(17)7-15/h5-6,10,17H,2-4,7H2,1H3. The zero-order valence-electron chi connectivity index (χ0n) is 11.0. The number of aliphatic hydroxyl groups excluding tert-OH is 1. The highest BCUT2D eigenvalue weighted by Crippen LogP contribution is 2.23. The molecule has 1 saturated heterocycles. The van der Waals surface area contributed by atoms with Crippen molar-refractivity contribution in [3.8, 4) is 0 Å². The maximum absolute atomic E-state index is 14.0. The molecule has 0 radical (unpaired) electrons. The Labute approximate surface area is 115 Å². The molecule has 1 aliphatic heterocycles. The summed E-state index contributed by atoms with van der Waals surface area (Å²) in [5.41, 5.74) is -0.573. The van der Waals surface area contributed by atoms with E-state index in [4.69, 9.17) is 0 Å². The molecule has 0 spiro atoms. The number of carbonyl (C=O) groups excluding carboxylic acids is 1. The van der Waals surface area contributed by atoms with Crippen LogP contribution in [0.2, 0.25) is 0 Å². The van der Waals surface area contributed by atoms with Crippen LogP contribution < -0.4 is 0 Å². The molecule has 0 saturated carbocycles. The summed E-state index contributed by atoms with van der Waals surface area (Å²) in [4.78, 5) is 23.7. The molecule has 1 aliphatic rings. The van der Waals surface area contributed by atoms with Gasteiger partial charge in [-0.3, -0.25) is 14.9 Å². The number of nitrogens with zero attached hydrogens (tertiary/aromatic N) is 2. The molecule has 2 rings (SSSR count). The van der Waals surface area contributed by atoms with E-state index in [9.17, 15) is 24.4 Å². The number of benzene rings is 1. The maximum atomic E-state index is 14.0. The number of aryl methyl sites for hydroxylation is 1. The van der Waals surface area contributed by atoms with Crippen molar-refractivity contribution in [2.24, 2.45) is 0 Å². The highest BCUT2D eigenvalue weighted by atomic mass is 19.1. The van der Waals surface area contributed by atoms with Crippen LogP contribution in [-0.2, 0) is 0 Å². The molecule has 20 heavy (non-hydrogen) atoms. The van der Waals surface area contributed by atoms with Crippen molar-refractivity contribution in [2.75, 3.05) is 13.1 Å². The summed E-state index contributed by atoms with van der Waals surface area (Å²) in [6, 6.07) is 2.04. The molecule has 6 nitrogen and oxygen atoms in total. The quantitative estimate of drug-likeness (QED) is 0.660. The Hall–Kier alpha value is -2.02. The molecular weight excluding hydrogens is 267 g/mol. The lowest BCUT2D eigenvalue weighted by molar-refractivity contribution is -0.385. The van der Waals surface area contributed by atoms with Gasteiger partial charge in [0.25, 0.3) is 11.6 Å². The number of hydrogen-bond donors (Lipinski definition) is 1. The highest BCUT2D eigenvalue weighted by molar-refractivity contribution is 5.95. The van der Waals surface area contributed by atoms with Gasteiger partial charge in [-0.2, -0.15) is 0 Å². The van der Waals surface area contributed by atoms with E-state index >= 15 is 0 Å². The molecule has 0 aliphatic carbocycles. The van der Waals surface area contributed by atoms with Crippen LogP contribution in [0.25, 0.3) is 0 Å². The topological polar surface area (TPSA) is 83.7 Å². The van der Waals surface area contributed by atoms with E-state index < -0.39 is 22.8 Å². The predicted molar refractivity (Wildman–Crippen MR) is 68.9 cm³/mol. The van der Waals surface area contributed by atoms with Crippen LogP contribution in [-0.4, -0.2) is 40.0 Å². The molecule has 1 amide bonds. The van der Waals surface area contributed by atoms with Crippen molar-refractivity contribution >= 4 is 11.6 Å². The van der Waals surface area contributed by atoms with Crippen molar-refractivity contribution in [1.29, 1.82) is 0 Å². The Balaban J connectivity index is 2.35. The van der Waals surface area contributed by atoms with Crippen LogP contribution in [0.3, 0.4) is 0 Å². The fourth-order valence-corrected chi connectivity index (χ4v) is 2.32. The van der Waals surface area contributed by atoms with Gasteiger partial charge in [-0.05, 0) is 25.3 Å². The van der Waals surface area contributed by atoms with Crippen LogP contribution in [0.1, 0.15) is 28.8 Å². The van der Waals surface area contributed by atoms with Crippen LogP contribution in [0, 0.1) is 22.9 Å². The summed E-state index contributed by atoms with van der Waals surface area (Å²) in [5.74, 6) is -1.37. The van der Waals surface area contributed by atoms with Crippen molar-refractivity contribution in [3.63, 3.8) is 0 Å². The second-order valence-corrected chi connectivity index (χ2v) is 4.93. The maximum Gasteiger partial charge on any atom is 0.270 e. The molecule has 1 heterocycles. The minimum absolute atomic E-state index is 0.0557. The number of carbonyl (C=O) groups is 1. The van der Waals surface area contributed by atoms with Crippen molar-refractivity contribution in [3.05, 3.63) is 39.2 Å². The van der Waals surface area contributed by atoms with Gasteiger partial charge in [0.2, 0.25) is 0 Å². The lowest BCUT2D eigenvalue weighted by Crippen LogP contribution is -2.42. The zero-order valence-corrected chi connectivity index (χ0v) is 11.0. The van der Waals surface area contributed by atoms with Crippen LogP contribution >= 0.6 is 0 Å². The molecular formula is C13H15FN2O4. The van der Waals surface area contributed by atoms with Gasteiger partial charge in [0.15, 0.2) is 0 Å². The molecule has 0 aromatic heterocycles. The number of β-amino-alcohol motifs (C(OH)–C–C–N with tert-alkyl or cyclic N) is 1. The molecule has 1 fully saturated rings. The number of amides is 1. The largest absolute Gasteiger partial charge is 0.391 e. The van der Waals surface area contributed by atoms with Crippen LogP contribution in [0.15, 0.2) is 12.1 Å². The third kappa shape index (κ3) is 2.77. The number of non-ortho nitro benzene ring substituents is 1. The minimum atomic E-state index is -0.749. The number of rotatable bonds is 2. The summed E-state index contributed by atoms with van der Waals surface area (Å²) >= 11 is 0. The lowest BCUT2D eigenvalue weighted by atomic mass is 10.0. The highest BCUT2D eigenvalue weighted by Gasteiger charge is 2.27. The van der Waals surface area contributed by atoms with Crippen LogP contribution in [0.4, 0.5) is 10.1 Å². The van der Waals surface area contributed by atoms with Crippen LogP contribution in [0.5, 0.6) is 0 Å². The first-order chi connectivity index (χ1) is 9.40. The lowest BCUT2D eigenvalue weighted by Gasteiger charge is -2.30. The van der Waals surface area contributed by atoms with Gasteiger partial charge in [-0.15, -0.1) is 0 Å². The molecule has 108 valence electrons. The van der Waals surface area contributed by atoms with E-state index in [1.807, 2.05) is 0 Å². The molecule has 1 unspecified atom stereocenters. The molecule has 0 bridgehead atoms. The van der Waals surface area contributed by atoms with Gasteiger partial charge in [-0.25, -0.2) is 4.39 Å². The van der Waals surface area contributed by atoms with Gasteiger partial charge >= 0.3 is 0 Å². The molecule has 1 aromatic carbocycles. The zero-order chi connectivity index (χ0) is 14.9. The number of nitro benzene ring substituents is 1. The van der Waals surface area contributed by atoms with Gasteiger partial charge in [0.05, 0.1) is 16.6 Å². The number of aliphatic hydroxyl groups is 1. The Kier molecular flexibility index (Phi) is 3.99. The average Bonchev–Trinajstić information content (AvgIpc) is 2.40. The number of nitro groups is 1. The number of likely N-dealkylation sites (tertiary alicyclic amines) is 1.